The number of carboxylic acids is 2. The Morgan fingerprint density at radius 2 is 1.78 bits per heavy atom. The predicted octanol–water partition coefficient (Wildman–Crippen LogP) is 0.00430. The zero-order valence-electron chi connectivity index (χ0n) is 12.3. The van der Waals surface area contributed by atoms with E-state index in [4.69, 9.17) is 11.5 Å². The van der Waals surface area contributed by atoms with E-state index in [1.807, 2.05) is 0 Å². The molecule has 2 saturated carbocycles. The van der Waals surface area contributed by atoms with E-state index < -0.39 is 53.0 Å². The number of nitrogens with two attached hydrogens (primary N) is 2. The van der Waals surface area contributed by atoms with Crippen LogP contribution in [0.1, 0.15) is 17.9 Å². The Balaban J connectivity index is 2.00. The van der Waals surface area contributed by atoms with Crippen molar-refractivity contribution in [2.45, 2.75) is 17.9 Å². The van der Waals surface area contributed by atoms with E-state index in [1.165, 1.54) is 0 Å². The highest BCUT2D eigenvalue weighted by molar-refractivity contribution is 5.87. The molecule has 6 N–H and O–H groups in total. The molecule has 3 rings (SSSR count). The molecule has 2 fully saturated rings. The van der Waals surface area contributed by atoms with Crippen molar-refractivity contribution in [2.24, 2.45) is 35.1 Å². The normalized spacial score (nSPS) is 36.0. The quantitative estimate of drug-likeness (QED) is 0.601. The highest BCUT2D eigenvalue weighted by Crippen LogP contribution is 2.66. The molecule has 6 atom stereocenters. The van der Waals surface area contributed by atoms with Crippen LogP contribution in [0.5, 0.6) is 0 Å². The fourth-order valence-corrected chi connectivity index (χ4v) is 4.36. The number of carbonyl (C=O) groups is 3. The van der Waals surface area contributed by atoms with Gasteiger partial charge in [-0.25, -0.2) is 0 Å². The average molecular weight is 318 g/mol. The first-order chi connectivity index (χ1) is 10.8. The molecule has 122 valence electrons. The van der Waals surface area contributed by atoms with Crippen LogP contribution in [0.4, 0.5) is 0 Å². The Hall–Kier alpha value is -2.41. The lowest BCUT2D eigenvalue weighted by atomic mass is 9.78. The molecular formula is C16H18N2O5. The van der Waals surface area contributed by atoms with Crippen molar-refractivity contribution >= 4 is 17.8 Å². The number of carbonyl (C=O) groups excluding carboxylic acids is 1. The van der Waals surface area contributed by atoms with E-state index in [2.05, 4.69) is 0 Å². The van der Waals surface area contributed by atoms with Gasteiger partial charge in [-0.1, -0.05) is 30.3 Å². The number of carboxylic acid groups (broad SMARTS) is 2. The lowest BCUT2D eigenvalue weighted by molar-refractivity contribution is -0.146. The van der Waals surface area contributed by atoms with Crippen molar-refractivity contribution in [3.8, 4) is 0 Å². The average Bonchev–Trinajstić information content (AvgIpc) is 3.16. The van der Waals surface area contributed by atoms with Crippen LogP contribution in [-0.2, 0) is 14.4 Å². The largest absolute Gasteiger partial charge is 0.481 e. The number of rotatable bonds is 5. The molecule has 0 radical (unpaired) electrons. The number of aliphatic carboxylic acids is 2. The Morgan fingerprint density at radius 1 is 1.17 bits per heavy atom. The van der Waals surface area contributed by atoms with Gasteiger partial charge in [-0.3, -0.25) is 14.4 Å². The second-order valence-electron chi connectivity index (χ2n) is 6.47. The van der Waals surface area contributed by atoms with Crippen LogP contribution in [0.2, 0.25) is 0 Å². The summed E-state index contributed by atoms with van der Waals surface area (Å²) in [5, 5.41) is 18.8. The molecule has 2 aliphatic rings. The van der Waals surface area contributed by atoms with E-state index >= 15 is 0 Å². The van der Waals surface area contributed by atoms with Crippen molar-refractivity contribution in [3.63, 3.8) is 0 Å². The first-order valence-corrected chi connectivity index (χ1v) is 7.38. The minimum Gasteiger partial charge on any atom is -0.481 e. The maximum Gasteiger partial charge on any atom is 0.324 e. The van der Waals surface area contributed by atoms with Gasteiger partial charge < -0.3 is 21.7 Å². The summed E-state index contributed by atoms with van der Waals surface area (Å²) in [5.41, 5.74) is 10.6. The molecule has 0 spiro atoms. The zero-order chi connectivity index (χ0) is 16.9. The van der Waals surface area contributed by atoms with Crippen LogP contribution in [0, 0.1) is 23.7 Å². The second kappa shape index (κ2) is 5.06. The number of amides is 1. The van der Waals surface area contributed by atoms with Crippen LogP contribution in [0.25, 0.3) is 0 Å². The number of fused-ring (bicyclic) bond motifs is 1. The van der Waals surface area contributed by atoms with E-state index in [9.17, 15) is 24.6 Å². The van der Waals surface area contributed by atoms with Crippen LogP contribution in [-0.4, -0.2) is 33.6 Å². The number of hydrogen-bond acceptors (Lipinski definition) is 4. The number of primary amides is 1. The monoisotopic (exact) mass is 318 g/mol. The van der Waals surface area contributed by atoms with Crippen molar-refractivity contribution in [1.82, 2.24) is 0 Å². The third-order valence-electron chi connectivity index (χ3n) is 5.31. The maximum atomic E-state index is 12.0. The molecule has 0 aromatic heterocycles. The smallest absolute Gasteiger partial charge is 0.324 e. The van der Waals surface area contributed by atoms with E-state index in [0.29, 0.717) is 5.56 Å². The molecule has 1 amide bonds. The first-order valence-electron chi connectivity index (χ1n) is 7.38. The van der Waals surface area contributed by atoms with E-state index in [1.54, 1.807) is 30.3 Å². The standard InChI is InChI=1S/C16H18N2O5/c17-13(19)9(7-4-2-1-3-5-7)8-6-16(18,15(22)23)12-10(8)11(12)14(20)21/h1-5,8-12H,6,18H2,(H2,17,19)(H,20,21)(H,22,23). The van der Waals surface area contributed by atoms with Crippen LogP contribution in [0.3, 0.4) is 0 Å². The molecule has 2 aliphatic carbocycles. The zero-order valence-corrected chi connectivity index (χ0v) is 12.3. The summed E-state index contributed by atoms with van der Waals surface area (Å²) in [4.78, 5) is 35.0. The van der Waals surface area contributed by atoms with Gasteiger partial charge in [0.05, 0.1) is 11.8 Å². The topological polar surface area (TPSA) is 144 Å². The molecule has 6 unspecified atom stereocenters. The highest BCUT2D eigenvalue weighted by Gasteiger charge is 2.74. The van der Waals surface area contributed by atoms with Gasteiger partial charge >= 0.3 is 11.9 Å². The third kappa shape index (κ3) is 2.19. The van der Waals surface area contributed by atoms with Gasteiger partial charge in [-0.15, -0.1) is 0 Å². The summed E-state index contributed by atoms with van der Waals surface area (Å²) in [6, 6.07) is 8.78. The van der Waals surface area contributed by atoms with Gasteiger partial charge in [0, 0.05) is 5.92 Å². The highest BCUT2D eigenvalue weighted by atomic mass is 16.4. The number of benzene rings is 1. The van der Waals surface area contributed by atoms with Gasteiger partial charge in [-0.05, 0) is 23.8 Å². The van der Waals surface area contributed by atoms with Crippen LogP contribution < -0.4 is 11.5 Å². The summed E-state index contributed by atoms with van der Waals surface area (Å²) in [6.45, 7) is 0. The minimum absolute atomic E-state index is 0.0456. The van der Waals surface area contributed by atoms with Crippen molar-refractivity contribution in [3.05, 3.63) is 35.9 Å². The molecule has 0 heterocycles. The van der Waals surface area contributed by atoms with Gasteiger partial charge in [0.2, 0.25) is 5.91 Å². The molecule has 1 aromatic carbocycles. The van der Waals surface area contributed by atoms with E-state index in [-0.39, 0.29) is 6.42 Å². The van der Waals surface area contributed by atoms with Gasteiger partial charge in [0.1, 0.15) is 5.54 Å². The summed E-state index contributed by atoms with van der Waals surface area (Å²) < 4.78 is 0. The summed E-state index contributed by atoms with van der Waals surface area (Å²) in [5.74, 6) is -6.04. The number of hydrogen-bond donors (Lipinski definition) is 4. The molecule has 0 bridgehead atoms. The lowest BCUT2D eigenvalue weighted by Gasteiger charge is -2.28. The Morgan fingerprint density at radius 3 is 2.26 bits per heavy atom. The molecular weight excluding hydrogens is 300 g/mol. The summed E-state index contributed by atoms with van der Waals surface area (Å²) >= 11 is 0. The molecule has 7 heteroatoms. The summed E-state index contributed by atoms with van der Waals surface area (Å²) in [6.07, 6.45) is 0.0456. The molecule has 1 aromatic rings. The van der Waals surface area contributed by atoms with Gasteiger partial charge in [0.15, 0.2) is 0 Å². The van der Waals surface area contributed by atoms with Crippen molar-refractivity contribution in [1.29, 1.82) is 0 Å². The Labute approximate surface area is 132 Å². The van der Waals surface area contributed by atoms with Crippen LogP contribution >= 0.6 is 0 Å². The van der Waals surface area contributed by atoms with Crippen molar-refractivity contribution < 1.29 is 24.6 Å². The van der Waals surface area contributed by atoms with E-state index in [0.717, 1.165) is 0 Å². The van der Waals surface area contributed by atoms with Gasteiger partial charge in [-0.2, -0.15) is 0 Å². The molecule has 23 heavy (non-hydrogen) atoms. The van der Waals surface area contributed by atoms with Crippen LogP contribution in [0.15, 0.2) is 30.3 Å². The Kier molecular flexibility index (Phi) is 3.40. The molecule has 0 aliphatic heterocycles. The maximum absolute atomic E-state index is 12.0. The fraction of sp³-hybridized carbons (Fsp3) is 0.438. The predicted molar refractivity (Wildman–Crippen MR) is 79.1 cm³/mol. The SMILES string of the molecule is NC(=O)C(c1ccccc1)C1CC(N)(C(=O)O)C2C(C(=O)O)C12. The second-order valence-corrected chi connectivity index (χ2v) is 6.47. The lowest BCUT2D eigenvalue weighted by Crippen LogP contribution is -2.50. The van der Waals surface area contributed by atoms with Crippen molar-refractivity contribution in [2.75, 3.05) is 0 Å². The first kappa shape index (κ1) is 15.5. The van der Waals surface area contributed by atoms with Gasteiger partial charge in [0.25, 0.3) is 0 Å². The third-order valence-corrected chi connectivity index (χ3v) is 5.31. The molecule has 0 saturated heterocycles. The minimum atomic E-state index is -1.62. The fourth-order valence-electron chi connectivity index (χ4n) is 4.36. The Bertz CT molecular complexity index is 676. The molecule has 7 nitrogen and oxygen atoms in total. The summed E-state index contributed by atoms with van der Waals surface area (Å²) in [7, 11) is 0.